The smallest absolute Gasteiger partial charge is 0.106 e. The molecule has 3 rings (SSSR count). The summed E-state index contributed by atoms with van der Waals surface area (Å²) in [5.41, 5.74) is 2.99. The maximum Gasteiger partial charge on any atom is 0.106 e. The number of benzene rings is 2. The molecule has 0 saturated heterocycles. The molecule has 2 aromatic rings. The molecule has 0 aliphatic heterocycles. The monoisotopic (exact) mass is 350 g/mol. The van der Waals surface area contributed by atoms with Crippen molar-refractivity contribution in [3.63, 3.8) is 0 Å². The predicted octanol–water partition coefficient (Wildman–Crippen LogP) is 5.45. The van der Waals surface area contributed by atoms with Crippen molar-refractivity contribution in [1.82, 2.24) is 0 Å². The molecular weight excluding hydrogens is 336 g/mol. The molecule has 0 spiro atoms. The summed E-state index contributed by atoms with van der Waals surface area (Å²) in [5, 5.41) is 11.2. The molecular formula is C17H16BrClO. The standard InChI is InChI=1S/C17H16BrClO/c18-14-7-8-16(19)15(10-14)17(20)13-6-2-5-12(9-13)11-3-1-4-11/h2,5-11,17,20H,1,3-4H2. The highest BCUT2D eigenvalue weighted by atomic mass is 79.9. The van der Waals surface area contributed by atoms with Crippen molar-refractivity contribution in [2.24, 2.45) is 0 Å². The van der Waals surface area contributed by atoms with E-state index in [0.29, 0.717) is 10.9 Å². The van der Waals surface area contributed by atoms with Gasteiger partial charge < -0.3 is 5.11 Å². The van der Waals surface area contributed by atoms with Gasteiger partial charge in [-0.1, -0.05) is 58.2 Å². The van der Waals surface area contributed by atoms with E-state index in [1.165, 1.54) is 24.8 Å². The summed E-state index contributed by atoms with van der Waals surface area (Å²) in [6.07, 6.45) is 3.16. The zero-order valence-corrected chi connectivity index (χ0v) is 13.4. The highest BCUT2D eigenvalue weighted by Gasteiger charge is 2.21. The van der Waals surface area contributed by atoms with E-state index < -0.39 is 6.10 Å². The molecule has 1 saturated carbocycles. The Labute approximate surface area is 132 Å². The molecule has 1 nitrogen and oxygen atoms in total. The van der Waals surface area contributed by atoms with Gasteiger partial charge in [-0.15, -0.1) is 0 Å². The lowest BCUT2D eigenvalue weighted by molar-refractivity contribution is 0.220. The van der Waals surface area contributed by atoms with Crippen molar-refractivity contribution < 1.29 is 5.11 Å². The Morgan fingerprint density at radius 1 is 1.15 bits per heavy atom. The van der Waals surface area contributed by atoms with E-state index in [1.54, 1.807) is 6.07 Å². The normalized spacial score (nSPS) is 16.8. The minimum Gasteiger partial charge on any atom is -0.384 e. The summed E-state index contributed by atoms with van der Waals surface area (Å²) in [5.74, 6) is 0.667. The highest BCUT2D eigenvalue weighted by Crippen LogP contribution is 2.38. The zero-order valence-electron chi connectivity index (χ0n) is 11.0. The van der Waals surface area contributed by atoms with Crippen molar-refractivity contribution in [1.29, 1.82) is 0 Å². The van der Waals surface area contributed by atoms with Gasteiger partial charge in [0.25, 0.3) is 0 Å². The van der Waals surface area contributed by atoms with E-state index in [9.17, 15) is 5.11 Å². The molecule has 0 radical (unpaired) electrons. The molecule has 3 heteroatoms. The molecule has 1 N–H and O–H groups in total. The van der Waals surface area contributed by atoms with E-state index in [1.807, 2.05) is 24.3 Å². The highest BCUT2D eigenvalue weighted by molar-refractivity contribution is 9.10. The van der Waals surface area contributed by atoms with Crippen molar-refractivity contribution >= 4 is 27.5 Å². The second-order valence-electron chi connectivity index (χ2n) is 5.37. The number of hydrogen-bond acceptors (Lipinski definition) is 1. The van der Waals surface area contributed by atoms with Crippen molar-refractivity contribution in [3.8, 4) is 0 Å². The summed E-state index contributed by atoms with van der Waals surface area (Å²) in [6.45, 7) is 0. The molecule has 2 aromatic carbocycles. The SMILES string of the molecule is OC(c1cccc(C2CCC2)c1)c1cc(Br)ccc1Cl. The third-order valence-electron chi connectivity index (χ3n) is 4.06. The minimum atomic E-state index is -0.681. The molecule has 1 unspecified atom stereocenters. The fourth-order valence-electron chi connectivity index (χ4n) is 2.63. The van der Waals surface area contributed by atoms with Crippen LogP contribution in [0.5, 0.6) is 0 Å². The fourth-order valence-corrected chi connectivity index (χ4v) is 3.23. The van der Waals surface area contributed by atoms with Crippen LogP contribution in [0.2, 0.25) is 5.02 Å². The average molecular weight is 352 g/mol. The average Bonchev–Trinajstić information content (AvgIpc) is 2.39. The Morgan fingerprint density at radius 2 is 1.95 bits per heavy atom. The first kappa shape index (κ1) is 14.1. The molecule has 1 aliphatic rings. The lowest BCUT2D eigenvalue weighted by Gasteiger charge is -2.26. The first-order valence-corrected chi connectivity index (χ1v) is 8.05. The molecule has 0 heterocycles. The number of aliphatic hydroxyl groups excluding tert-OH is 1. The van der Waals surface area contributed by atoms with E-state index in [4.69, 9.17) is 11.6 Å². The van der Waals surface area contributed by atoms with Crippen LogP contribution >= 0.6 is 27.5 Å². The third kappa shape index (κ3) is 2.78. The molecule has 104 valence electrons. The Balaban J connectivity index is 1.93. The zero-order chi connectivity index (χ0) is 14.1. The molecule has 1 fully saturated rings. The molecule has 0 amide bonds. The summed E-state index contributed by atoms with van der Waals surface area (Å²) in [6, 6.07) is 13.8. The van der Waals surface area contributed by atoms with Gasteiger partial charge in [-0.2, -0.15) is 0 Å². The quantitative estimate of drug-likeness (QED) is 0.779. The van der Waals surface area contributed by atoms with Crippen LogP contribution in [-0.4, -0.2) is 5.11 Å². The van der Waals surface area contributed by atoms with E-state index >= 15 is 0 Å². The van der Waals surface area contributed by atoms with Crippen LogP contribution in [0.4, 0.5) is 0 Å². The lowest BCUT2D eigenvalue weighted by Crippen LogP contribution is -2.09. The lowest BCUT2D eigenvalue weighted by atomic mass is 9.79. The Bertz CT molecular complexity index is 622. The van der Waals surface area contributed by atoms with Crippen molar-refractivity contribution in [2.45, 2.75) is 31.3 Å². The predicted molar refractivity (Wildman–Crippen MR) is 86.2 cm³/mol. The van der Waals surface area contributed by atoms with Crippen molar-refractivity contribution in [3.05, 3.63) is 68.7 Å². The number of rotatable bonds is 3. The Hall–Kier alpha value is -0.830. The van der Waals surface area contributed by atoms with Gasteiger partial charge in [-0.3, -0.25) is 0 Å². The summed E-state index contributed by atoms with van der Waals surface area (Å²) >= 11 is 9.63. The molecule has 1 atom stereocenters. The van der Waals surface area contributed by atoms with Crippen LogP contribution in [-0.2, 0) is 0 Å². The maximum atomic E-state index is 10.6. The number of hydrogen-bond donors (Lipinski definition) is 1. The van der Waals surface area contributed by atoms with Gasteiger partial charge >= 0.3 is 0 Å². The van der Waals surface area contributed by atoms with Gasteiger partial charge in [0.2, 0.25) is 0 Å². The van der Waals surface area contributed by atoms with Gasteiger partial charge in [0.15, 0.2) is 0 Å². The maximum absolute atomic E-state index is 10.6. The number of aliphatic hydroxyl groups is 1. The van der Waals surface area contributed by atoms with Crippen LogP contribution in [0.15, 0.2) is 46.9 Å². The van der Waals surface area contributed by atoms with E-state index in [2.05, 4.69) is 28.1 Å². The van der Waals surface area contributed by atoms with Crippen LogP contribution < -0.4 is 0 Å². The van der Waals surface area contributed by atoms with E-state index in [-0.39, 0.29) is 0 Å². The second kappa shape index (κ2) is 5.88. The molecule has 0 aromatic heterocycles. The van der Waals surface area contributed by atoms with Gasteiger partial charge in [0.1, 0.15) is 6.10 Å². The first-order valence-electron chi connectivity index (χ1n) is 6.88. The van der Waals surface area contributed by atoms with Gasteiger partial charge in [-0.05, 0) is 48.1 Å². The Morgan fingerprint density at radius 3 is 2.65 bits per heavy atom. The van der Waals surface area contributed by atoms with Crippen LogP contribution in [0.25, 0.3) is 0 Å². The van der Waals surface area contributed by atoms with Gasteiger partial charge in [0.05, 0.1) is 0 Å². The minimum absolute atomic E-state index is 0.592. The summed E-state index contributed by atoms with van der Waals surface area (Å²) < 4.78 is 0.922. The second-order valence-corrected chi connectivity index (χ2v) is 6.69. The first-order chi connectivity index (χ1) is 9.65. The third-order valence-corrected chi connectivity index (χ3v) is 4.89. The van der Waals surface area contributed by atoms with E-state index in [0.717, 1.165) is 15.6 Å². The molecule has 1 aliphatic carbocycles. The summed E-state index contributed by atoms with van der Waals surface area (Å²) in [4.78, 5) is 0. The van der Waals surface area contributed by atoms with Crippen LogP contribution in [0.3, 0.4) is 0 Å². The largest absolute Gasteiger partial charge is 0.384 e. The molecule has 0 bridgehead atoms. The topological polar surface area (TPSA) is 20.2 Å². The number of halogens is 2. The Kier molecular flexibility index (Phi) is 4.16. The fraction of sp³-hybridized carbons (Fsp3) is 0.294. The summed E-state index contributed by atoms with van der Waals surface area (Å²) in [7, 11) is 0. The molecule has 20 heavy (non-hydrogen) atoms. The van der Waals surface area contributed by atoms with Gasteiger partial charge in [0, 0.05) is 15.1 Å². The van der Waals surface area contributed by atoms with Crippen molar-refractivity contribution in [2.75, 3.05) is 0 Å². The van der Waals surface area contributed by atoms with Crippen LogP contribution in [0.1, 0.15) is 48.0 Å². The van der Waals surface area contributed by atoms with Gasteiger partial charge in [-0.25, -0.2) is 0 Å². The van der Waals surface area contributed by atoms with Crippen LogP contribution in [0, 0.1) is 0 Å².